The summed E-state index contributed by atoms with van der Waals surface area (Å²) in [7, 11) is 1.58. The van der Waals surface area contributed by atoms with Crippen LogP contribution in [0, 0.1) is 0 Å². The van der Waals surface area contributed by atoms with E-state index in [1.807, 2.05) is 0 Å². The summed E-state index contributed by atoms with van der Waals surface area (Å²) in [5, 5.41) is 33.7. The molecule has 0 aliphatic heterocycles. The van der Waals surface area contributed by atoms with E-state index in [1.54, 1.807) is 43.4 Å². The Morgan fingerprint density at radius 3 is 2.22 bits per heavy atom. The highest BCUT2D eigenvalue weighted by Crippen LogP contribution is 2.31. The van der Waals surface area contributed by atoms with E-state index < -0.39 is 0 Å². The molecule has 0 atom stereocenters. The first kappa shape index (κ1) is 18.4. The molecular weight excluding hydrogens is 348 g/mol. The number of carbonyl (C=O) groups is 1. The molecule has 8 heteroatoms. The normalized spacial score (nSPS) is 10.7. The van der Waals surface area contributed by atoms with Gasteiger partial charge in [0.25, 0.3) is 0 Å². The van der Waals surface area contributed by atoms with Crippen LogP contribution in [0.4, 0.5) is 0 Å². The molecule has 2 aromatic carbocycles. The molecule has 0 fully saturated rings. The molecule has 0 saturated carbocycles. The zero-order chi connectivity index (χ0) is 19.4. The van der Waals surface area contributed by atoms with Gasteiger partial charge in [0.1, 0.15) is 18.0 Å². The van der Waals surface area contributed by atoms with Gasteiger partial charge in [0.15, 0.2) is 11.6 Å². The van der Waals surface area contributed by atoms with Crippen molar-refractivity contribution in [3.05, 3.63) is 48.5 Å². The highest BCUT2D eigenvalue weighted by molar-refractivity contribution is 5.77. The first-order valence-electron chi connectivity index (χ1n) is 8.37. The van der Waals surface area contributed by atoms with Gasteiger partial charge in [0.2, 0.25) is 5.91 Å². The fourth-order valence-electron chi connectivity index (χ4n) is 2.61. The smallest absolute Gasteiger partial charge is 0.244 e. The van der Waals surface area contributed by atoms with Crippen LogP contribution >= 0.6 is 0 Å². The lowest BCUT2D eigenvalue weighted by molar-refractivity contribution is -0.131. The third kappa shape index (κ3) is 3.90. The number of carbonyl (C=O) groups excluding carboxylic acids is 1. The number of hydrogen-bond donors (Lipinski definition) is 3. The van der Waals surface area contributed by atoms with Gasteiger partial charge in [0, 0.05) is 13.6 Å². The highest BCUT2D eigenvalue weighted by Gasteiger charge is 2.20. The lowest BCUT2D eigenvalue weighted by atomic mass is 10.2. The Hall–Kier alpha value is -3.39. The zero-order valence-electron chi connectivity index (χ0n) is 14.8. The number of benzene rings is 2. The Labute approximate surface area is 156 Å². The van der Waals surface area contributed by atoms with E-state index in [4.69, 9.17) is 5.11 Å². The largest absolute Gasteiger partial charge is 0.507 e. The van der Waals surface area contributed by atoms with Crippen molar-refractivity contribution >= 4 is 5.91 Å². The summed E-state index contributed by atoms with van der Waals surface area (Å²) in [5.41, 5.74) is 0.841. The molecule has 0 aliphatic carbocycles. The van der Waals surface area contributed by atoms with Crippen molar-refractivity contribution in [3.63, 3.8) is 0 Å². The van der Waals surface area contributed by atoms with Gasteiger partial charge in [-0.05, 0) is 24.3 Å². The number of para-hydroxylation sites is 2. The van der Waals surface area contributed by atoms with Crippen LogP contribution in [0.3, 0.4) is 0 Å². The number of aromatic hydroxyl groups is 2. The molecule has 0 spiro atoms. The van der Waals surface area contributed by atoms with Crippen molar-refractivity contribution in [2.24, 2.45) is 0 Å². The van der Waals surface area contributed by atoms with Gasteiger partial charge in [-0.1, -0.05) is 24.3 Å². The molecule has 0 aliphatic rings. The van der Waals surface area contributed by atoms with Gasteiger partial charge < -0.3 is 20.2 Å². The van der Waals surface area contributed by atoms with Gasteiger partial charge in [-0.25, -0.2) is 9.67 Å². The maximum absolute atomic E-state index is 12.4. The Kier molecular flexibility index (Phi) is 5.37. The van der Waals surface area contributed by atoms with Crippen molar-refractivity contribution in [2.75, 3.05) is 20.2 Å². The molecule has 8 nitrogen and oxygen atoms in total. The molecule has 0 unspecified atom stereocenters. The van der Waals surface area contributed by atoms with Crippen molar-refractivity contribution in [1.29, 1.82) is 0 Å². The summed E-state index contributed by atoms with van der Waals surface area (Å²) in [6.07, 6.45) is 0. The van der Waals surface area contributed by atoms with Gasteiger partial charge in [-0.2, -0.15) is 0 Å². The maximum atomic E-state index is 12.4. The lowest BCUT2D eigenvalue weighted by Gasteiger charge is -2.16. The Morgan fingerprint density at radius 2 is 1.63 bits per heavy atom. The Balaban J connectivity index is 2.06. The number of amides is 1. The summed E-state index contributed by atoms with van der Waals surface area (Å²) in [5.74, 6) is 0.295. The van der Waals surface area contributed by atoms with Crippen molar-refractivity contribution in [3.8, 4) is 34.3 Å². The van der Waals surface area contributed by atoms with E-state index in [2.05, 4.69) is 10.1 Å². The van der Waals surface area contributed by atoms with Crippen molar-refractivity contribution < 1.29 is 20.1 Å². The standard InChI is InChI=1S/C19H20N4O4/c1-22(10-11-24)17(27)12-23-19(14-7-3-5-9-16(14)26)20-18(21-23)13-6-2-4-8-15(13)25/h2-9,24-26H,10-12H2,1H3. The third-order valence-corrected chi connectivity index (χ3v) is 4.11. The van der Waals surface area contributed by atoms with Crippen molar-refractivity contribution in [1.82, 2.24) is 19.7 Å². The predicted octanol–water partition coefficient (Wildman–Crippen LogP) is 1.47. The van der Waals surface area contributed by atoms with E-state index in [-0.39, 0.29) is 42.9 Å². The molecule has 0 radical (unpaired) electrons. The Bertz CT molecular complexity index is 954. The second kappa shape index (κ2) is 7.88. The van der Waals surface area contributed by atoms with Crippen LogP contribution in [0.25, 0.3) is 22.8 Å². The van der Waals surface area contributed by atoms with Crippen LogP contribution in [0.2, 0.25) is 0 Å². The monoisotopic (exact) mass is 368 g/mol. The van der Waals surface area contributed by atoms with Gasteiger partial charge in [-0.15, -0.1) is 5.10 Å². The topological polar surface area (TPSA) is 112 Å². The number of aromatic nitrogens is 3. The van der Waals surface area contributed by atoms with E-state index in [1.165, 1.54) is 21.7 Å². The third-order valence-electron chi connectivity index (χ3n) is 4.11. The van der Waals surface area contributed by atoms with E-state index in [0.29, 0.717) is 17.0 Å². The quantitative estimate of drug-likeness (QED) is 0.608. The molecule has 1 amide bonds. The number of phenols is 2. The number of rotatable bonds is 6. The Morgan fingerprint density at radius 1 is 1.04 bits per heavy atom. The summed E-state index contributed by atoms with van der Waals surface area (Å²) >= 11 is 0. The van der Waals surface area contributed by atoms with Crippen molar-refractivity contribution in [2.45, 2.75) is 6.54 Å². The average molecular weight is 368 g/mol. The van der Waals surface area contributed by atoms with Crippen LogP contribution in [-0.4, -0.2) is 61.1 Å². The molecule has 3 N–H and O–H groups in total. The summed E-state index contributed by atoms with van der Waals surface area (Å²) < 4.78 is 1.38. The molecular formula is C19H20N4O4. The fraction of sp³-hybridized carbons (Fsp3) is 0.211. The van der Waals surface area contributed by atoms with Gasteiger partial charge >= 0.3 is 0 Å². The van der Waals surface area contributed by atoms with Gasteiger partial charge in [-0.3, -0.25) is 4.79 Å². The minimum Gasteiger partial charge on any atom is -0.507 e. The molecule has 3 rings (SSSR count). The van der Waals surface area contributed by atoms with Crippen LogP contribution in [0.5, 0.6) is 11.5 Å². The molecule has 1 heterocycles. The molecule has 0 bridgehead atoms. The lowest BCUT2D eigenvalue weighted by Crippen LogP contribution is -2.32. The van der Waals surface area contributed by atoms with Crippen LogP contribution in [-0.2, 0) is 11.3 Å². The summed E-state index contributed by atoms with van der Waals surface area (Å²) in [6, 6.07) is 13.2. The molecule has 1 aromatic heterocycles. The molecule has 3 aromatic rings. The fourth-order valence-corrected chi connectivity index (χ4v) is 2.61. The zero-order valence-corrected chi connectivity index (χ0v) is 14.8. The number of hydrogen-bond acceptors (Lipinski definition) is 6. The van der Waals surface area contributed by atoms with Gasteiger partial charge in [0.05, 0.1) is 17.7 Å². The molecule has 0 saturated heterocycles. The minimum absolute atomic E-state index is 0.00569. The highest BCUT2D eigenvalue weighted by atomic mass is 16.3. The number of aliphatic hydroxyl groups is 1. The van der Waals surface area contributed by atoms with E-state index in [9.17, 15) is 15.0 Å². The number of nitrogens with zero attached hydrogens (tertiary/aromatic N) is 4. The second-order valence-corrected chi connectivity index (χ2v) is 5.99. The number of aliphatic hydroxyl groups excluding tert-OH is 1. The maximum Gasteiger partial charge on any atom is 0.244 e. The number of phenolic OH excluding ortho intramolecular Hbond substituents is 2. The summed E-state index contributed by atoms with van der Waals surface area (Å²) in [6.45, 7) is -0.0678. The van der Waals surface area contributed by atoms with E-state index in [0.717, 1.165) is 0 Å². The van der Waals surface area contributed by atoms with Crippen LogP contribution in [0.1, 0.15) is 0 Å². The molecule has 140 valence electrons. The van der Waals surface area contributed by atoms with Crippen LogP contribution in [0.15, 0.2) is 48.5 Å². The molecule has 27 heavy (non-hydrogen) atoms. The van der Waals surface area contributed by atoms with E-state index >= 15 is 0 Å². The minimum atomic E-state index is -0.269. The van der Waals surface area contributed by atoms with Crippen LogP contribution < -0.4 is 0 Å². The summed E-state index contributed by atoms with van der Waals surface area (Å²) in [4.78, 5) is 18.2. The first-order chi connectivity index (χ1) is 13.0. The predicted molar refractivity (Wildman–Crippen MR) is 98.9 cm³/mol. The first-order valence-corrected chi connectivity index (χ1v) is 8.37. The SMILES string of the molecule is CN(CCO)C(=O)Cn1nc(-c2ccccc2O)nc1-c1ccccc1O. The number of likely N-dealkylation sites (N-methyl/N-ethyl adjacent to an activating group) is 1. The second-order valence-electron chi connectivity index (χ2n) is 5.99. The average Bonchev–Trinajstić information content (AvgIpc) is 3.06.